The van der Waals surface area contributed by atoms with Gasteiger partial charge in [-0.1, -0.05) is 63.9 Å². The Balaban J connectivity index is 1.57. The van der Waals surface area contributed by atoms with E-state index in [0.29, 0.717) is 38.1 Å². The minimum Gasteiger partial charge on any atom is -0.490 e. The highest BCUT2D eigenvalue weighted by atomic mass is 79.9. The summed E-state index contributed by atoms with van der Waals surface area (Å²) in [5, 5.41) is 0.317. The molecule has 5 nitrogen and oxygen atoms in total. The fraction of sp³-hybridized carbons (Fsp3) is 0.154. The highest BCUT2D eigenvalue weighted by molar-refractivity contribution is 9.10. The molecule has 0 N–H and O–H groups in total. The van der Waals surface area contributed by atoms with Crippen molar-refractivity contribution in [1.82, 2.24) is 4.90 Å². The normalized spacial score (nSPS) is 14.6. The first kappa shape index (κ1) is 25.8. The molecule has 1 aliphatic heterocycles. The summed E-state index contributed by atoms with van der Waals surface area (Å²) < 4.78 is 13.3. The Morgan fingerprint density at radius 2 is 1.69 bits per heavy atom. The zero-order chi connectivity index (χ0) is 24.9. The third-order valence-electron chi connectivity index (χ3n) is 5.12. The molecule has 0 radical (unpaired) electrons. The monoisotopic (exact) mass is 635 g/mol. The van der Waals surface area contributed by atoms with E-state index in [2.05, 4.69) is 31.9 Å². The van der Waals surface area contributed by atoms with Gasteiger partial charge < -0.3 is 9.47 Å². The number of carbonyl (C=O) groups excluding carboxylic acids is 2. The van der Waals surface area contributed by atoms with Gasteiger partial charge in [-0.25, -0.2) is 0 Å². The van der Waals surface area contributed by atoms with Crippen LogP contribution in [-0.4, -0.2) is 22.7 Å². The summed E-state index contributed by atoms with van der Waals surface area (Å²) in [5.41, 5.74) is 2.42. The van der Waals surface area contributed by atoms with Crippen molar-refractivity contribution in [2.75, 3.05) is 6.61 Å². The molecular formula is C26H20Br2ClNO4S. The van der Waals surface area contributed by atoms with Gasteiger partial charge in [-0.3, -0.25) is 14.5 Å². The Kier molecular flexibility index (Phi) is 8.59. The zero-order valence-corrected chi connectivity index (χ0v) is 23.3. The molecule has 3 aromatic carbocycles. The number of thioether (sulfide) groups is 1. The molecule has 2 amide bonds. The van der Waals surface area contributed by atoms with Crippen LogP contribution in [0.15, 0.2) is 74.5 Å². The van der Waals surface area contributed by atoms with Gasteiger partial charge in [0.15, 0.2) is 11.5 Å². The molecule has 4 rings (SSSR count). The predicted octanol–water partition coefficient (Wildman–Crippen LogP) is 8.08. The van der Waals surface area contributed by atoms with E-state index in [1.807, 2.05) is 61.5 Å². The maximum absolute atomic E-state index is 13.0. The summed E-state index contributed by atoms with van der Waals surface area (Å²) >= 11 is 14.2. The Labute approximate surface area is 229 Å². The van der Waals surface area contributed by atoms with Crippen molar-refractivity contribution in [2.24, 2.45) is 0 Å². The maximum Gasteiger partial charge on any atom is 0.293 e. The molecule has 1 fully saturated rings. The molecule has 0 saturated carbocycles. The maximum atomic E-state index is 13.0. The first-order chi connectivity index (χ1) is 16.9. The number of halogens is 3. The number of hydrogen-bond acceptors (Lipinski definition) is 5. The molecule has 0 aliphatic carbocycles. The van der Waals surface area contributed by atoms with Crippen molar-refractivity contribution in [3.05, 3.63) is 96.2 Å². The molecule has 0 atom stereocenters. The van der Waals surface area contributed by atoms with Gasteiger partial charge in [-0.05, 0) is 76.1 Å². The first-order valence-corrected chi connectivity index (χ1v) is 13.5. The van der Waals surface area contributed by atoms with E-state index in [-0.39, 0.29) is 24.3 Å². The van der Waals surface area contributed by atoms with Crippen LogP contribution >= 0.6 is 55.2 Å². The van der Waals surface area contributed by atoms with Gasteiger partial charge in [0.1, 0.15) is 6.61 Å². The van der Waals surface area contributed by atoms with E-state index < -0.39 is 0 Å². The topological polar surface area (TPSA) is 55.8 Å². The standard InChI is InChI=1S/C26H20Br2ClNO4S/c1-2-33-22-12-16(11-20(28)24(22)34-15-18-8-4-6-10-21(18)29)13-23-25(31)30(26(32)35-23)14-17-7-3-5-9-19(17)27/h3-13H,2,14-15H2,1H3/b23-13-. The Hall–Kier alpha value is -2.26. The minimum absolute atomic E-state index is 0.201. The van der Waals surface area contributed by atoms with Crippen LogP contribution in [0, 0.1) is 0 Å². The van der Waals surface area contributed by atoms with Gasteiger partial charge >= 0.3 is 0 Å². The second kappa shape index (κ2) is 11.6. The van der Waals surface area contributed by atoms with E-state index in [9.17, 15) is 9.59 Å². The highest BCUT2D eigenvalue weighted by Crippen LogP contribution is 2.40. The van der Waals surface area contributed by atoms with Gasteiger partial charge in [0.25, 0.3) is 11.1 Å². The molecule has 0 unspecified atom stereocenters. The van der Waals surface area contributed by atoms with Gasteiger partial charge in [-0.15, -0.1) is 0 Å². The van der Waals surface area contributed by atoms with Crippen LogP contribution in [0.25, 0.3) is 6.08 Å². The van der Waals surface area contributed by atoms with Gasteiger partial charge in [-0.2, -0.15) is 0 Å². The van der Waals surface area contributed by atoms with Crippen molar-refractivity contribution in [3.63, 3.8) is 0 Å². The summed E-state index contributed by atoms with van der Waals surface area (Å²) in [6, 6.07) is 18.6. The smallest absolute Gasteiger partial charge is 0.293 e. The van der Waals surface area contributed by atoms with Crippen molar-refractivity contribution in [2.45, 2.75) is 20.1 Å². The first-order valence-electron chi connectivity index (χ1n) is 10.7. The molecule has 180 valence electrons. The van der Waals surface area contributed by atoms with Crippen LogP contribution in [0.1, 0.15) is 23.6 Å². The van der Waals surface area contributed by atoms with E-state index in [0.717, 1.165) is 27.4 Å². The van der Waals surface area contributed by atoms with Crippen LogP contribution in [0.3, 0.4) is 0 Å². The third-order valence-corrected chi connectivity index (χ3v) is 7.76. The molecular weight excluding hydrogens is 618 g/mol. The number of imide groups is 1. The van der Waals surface area contributed by atoms with E-state index in [1.54, 1.807) is 12.1 Å². The average molecular weight is 638 g/mol. The van der Waals surface area contributed by atoms with Crippen LogP contribution in [0.5, 0.6) is 11.5 Å². The van der Waals surface area contributed by atoms with Crippen molar-refractivity contribution < 1.29 is 19.1 Å². The second-order valence-corrected chi connectivity index (χ2v) is 10.6. The molecule has 35 heavy (non-hydrogen) atoms. The van der Waals surface area contributed by atoms with Gasteiger partial charge in [0.2, 0.25) is 0 Å². The van der Waals surface area contributed by atoms with Gasteiger partial charge in [0, 0.05) is 15.1 Å². The summed E-state index contributed by atoms with van der Waals surface area (Å²) in [4.78, 5) is 27.2. The Morgan fingerprint density at radius 1 is 0.971 bits per heavy atom. The molecule has 9 heteroatoms. The van der Waals surface area contributed by atoms with Crippen molar-refractivity contribution in [3.8, 4) is 11.5 Å². The van der Waals surface area contributed by atoms with Crippen molar-refractivity contribution >= 4 is 72.4 Å². The number of benzene rings is 3. The lowest BCUT2D eigenvalue weighted by Gasteiger charge is -2.15. The molecule has 0 spiro atoms. The quantitative estimate of drug-likeness (QED) is 0.234. The zero-order valence-electron chi connectivity index (χ0n) is 18.6. The molecule has 3 aromatic rings. The average Bonchev–Trinajstić information content (AvgIpc) is 3.08. The number of carbonyl (C=O) groups is 2. The fourth-order valence-electron chi connectivity index (χ4n) is 3.42. The summed E-state index contributed by atoms with van der Waals surface area (Å²) in [5.74, 6) is 0.724. The number of rotatable bonds is 8. The SMILES string of the molecule is CCOc1cc(/C=C2\SC(=O)N(Cc3ccccc3Br)C2=O)cc(Br)c1OCc1ccccc1Cl. The minimum atomic E-state index is -0.330. The Morgan fingerprint density at radius 3 is 2.40 bits per heavy atom. The summed E-state index contributed by atoms with van der Waals surface area (Å²) in [7, 11) is 0. The molecule has 1 saturated heterocycles. The van der Waals surface area contributed by atoms with E-state index >= 15 is 0 Å². The number of hydrogen-bond donors (Lipinski definition) is 0. The molecule has 1 aliphatic rings. The molecule has 0 bridgehead atoms. The lowest BCUT2D eigenvalue weighted by atomic mass is 10.1. The van der Waals surface area contributed by atoms with Crippen LogP contribution in [0.2, 0.25) is 5.02 Å². The number of nitrogens with zero attached hydrogens (tertiary/aromatic N) is 1. The Bertz CT molecular complexity index is 1310. The lowest BCUT2D eigenvalue weighted by Crippen LogP contribution is -2.27. The summed E-state index contributed by atoms with van der Waals surface area (Å²) in [6.07, 6.45) is 1.69. The number of ether oxygens (including phenoxy) is 2. The molecule has 0 aromatic heterocycles. The number of amides is 2. The highest BCUT2D eigenvalue weighted by Gasteiger charge is 2.35. The largest absolute Gasteiger partial charge is 0.490 e. The fourth-order valence-corrected chi connectivity index (χ4v) is 5.44. The lowest BCUT2D eigenvalue weighted by molar-refractivity contribution is -0.123. The van der Waals surface area contributed by atoms with Crippen LogP contribution in [-0.2, 0) is 17.9 Å². The molecule has 1 heterocycles. The van der Waals surface area contributed by atoms with E-state index in [1.165, 1.54) is 4.90 Å². The van der Waals surface area contributed by atoms with Gasteiger partial charge in [0.05, 0.1) is 22.5 Å². The van der Waals surface area contributed by atoms with Crippen molar-refractivity contribution in [1.29, 1.82) is 0 Å². The predicted molar refractivity (Wildman–Crippen MR) is 147 cm³/mol. The van der Waals surface area contributed by atoms with Crippen LogP contribution in [0.4, 0.5) is 4.79 Å². The second-order valence-electron chi connectivity index (χ2n) is 7.50. The third kappa shape index (κ3) is 6.12. The summed E-state index contributed by atoms with van der Waals surface area (Å²) in [6.45, 7) is 2.78. The van der Waals surface area contributed by atoms with Crippen LogP contribution < -0.4 is 9.47 Å². The van der Waals surface area contributed by atoms with E-state index in [4.69, 9.17) is 21.1 Å².